The molecule has 1 aromatic heterocycles. The van der Waals surface area contributed by atoms with Gasteiger partial charge in [-0.2, -0.15) is 0 Å². The molecule has 0 unspecified atom stereocenters. The maximum Gasteiger partial charge on any atom is 0.0726 e. The number of aromatic nitrogens is 1. The van der Waals surface area contributed by atoms with Crippen molar-refractivity contribution >= 4 is 49.6 Å². The summed E-state index contributed by atoms with van der Waals surface area (Å²) in [6, 6.07) is 99.6. The van der Waals surface area contributed by atoms with Crippen LogP contribution in [0.25, 0.3) is 105 Å². The molecule has 0 atom stereocenters. The molecule has 3 aliphatic carbocycles. The molecule has 73 heavy (non-hydrogen) atoms. The van der Waals surface area contributed by atoms with Crippen molar-refractivity contribution in [2.24, 2.45) is 0 Å². The third-order valence-corrected chi connectivity index (χ3v) is 16.3. The normalized spacial score (nSPS) is 13.0. The molecule has 0 saturated heterocycles. The van der Waals surface area contributed by atoms with Gasteiger partial charge in [0, 0.05) is 33.4 Å². The lowest BCUT2D eigenvalue weighted by atomic mass is 9.70. The van der Waals surface area contributed by atoms with Gasteiger partial charge in [0.15, 0.2) is 0 Å². The van der Waals surface area contributed by atoms with Crippen LogP contribution in [-0.4, -0.2) is 4.57 Å². The lowest BCUT2D eigenvalue weighted by molar-refractivity contribution is 0.794. The van der Waals surface area contributed by atoms with Gasteiger partial charge < -0.3 is 9.47 Å². The van der Waals surface area contributed by atoms with Crippen molar-refractivity contribution in [3.63, 3.8) is 0 Å². The molecule has 1 spiro atoms. The van der Waals surface area contributed by atoms with Crippen molar-refractivity contribution in [1.82, 2.24) is 4.57 Å². The third-order valence-electron chi connectivity index (χ3n) is 16.3. The standard InChI is InChI=1S/C71H44N2/c1-2-17-50(18-3-1)73-66-29-11-7-21-56(66)61-44-49(36-42-67(61)73)46-33-39-52(40-34-46)72(51-37-31-45(32-38-51)48-35-41-53-57-23-12-15-47-16-13-24-58(69(47)57)60(53)43-48)68-30-14-28-65-70(68)59-22-6-10-27-64(59)71(65)62-25-8-4-19-54(62)55-20-5-9-26-63(55)71/h1-44H. The van der Waals surface area contributed by atoms with Gasteiger partial charge in [-0.25, -0.2) is 0 Å². The summed E-state index contributed by atoms with van der Waals surface area (Å²) in [5.74, 6) is 0. The van der Waals surface area contributed by atoms with E-state index in [0.717, 1.165) is 22.7 Å². The van der Waals surface area contributed by atoms with Gasteiger partial charge >= 0.3 is 0 Å². The lowest BCUT2D eigenvalue weighted by Crippen LogP contribution is -2.26. The highest BCUT2D eigenvalue weighted by Gasteiger charge is 2.52. The number of benzene rings is 12. The zero-order chi connectivity index (χ0) is 47.8. The number of hydrogen-bond acceptors (Lipinski definition) is 1. The van der Waals surface area contributed by atoms with E-state index in [1.54, 1.807) is 0 Å². The van der Waals surface area contributed by atoms with Gasteiger partial charge in [0.1, 0.15) is 0 Å². The second-order valence-electron chi connectivity index (χ2n) is 19.9. The Labute approximate surface area is 424 Å². The van der Waals surface area contributed by atoms with E-state index in [2.05, 4.69) is 276 Å². The van der Waals surface area contributed by atoms with Crippen LogP contribution in [0.15, 0.2) is 267 Å². The molecule has 1 heterocycles. The number of hydrogen-bond donors (Lipinski definition) is 0. The predicted molar refractivity (Wildman–Crippen MR) is 305 cm³/mol. The van der Waals surface area contributed by atoms with Crippen LogP contribution in [-0.2, 0) is 5.41 Å². The highest BCUT2D eigenvalue weighted by molar-refractivity contribution is 6.16. The fraction of sp³-hybridized carbons (Fsp3) is 0.0141. The van der Waals surface area contributed by atoms with Gasteiger partial charge in [-0.15, -0.1) is 0 Å². The van der Waals surface area contributed by atoms with E-state index in [1.165, 1.54) is 122 Å². The summed E-state index contributed by atoms with van der Waals surface area (Å²) in [6.45, 7) is 0. The van der Waals surface area contributed by atoms with Gasteiger partial charge in [-0.05, 0) is 161 Å². The smallest absolute Gasteiger partial charge is 0.0726 e. The fourth-order valence-electron chi connectivity index (χ4n) is 13.3. The molecule has 0 N–H and O–H groups in total. The van der Waals surface area contributed by atoms with Gasteiger partial charge in [-0.1, -0.05) is 200 Å². The van der Waals surface area contributed by atoms with E-state index in [4.69, 9.17) is 0 Å². The Kier molecular flexibility index (Phi) is 8.41. The molecule has 16 rings (SSSR count). The number of fused-ring (bicyclic) bond motifs is 16. The van der Waals surface area contributed by atoms with Crippen molar-refractivity contribution in [3.05, 3.63) is 289 Å². The quantitative estimate of drug-likeness (QED) is 0.161. The Morgan fingerprint density at radius 1 is 0.301 bits per heavy atom. The van der Waals surface area contributed by atoms with Gasteiger partial charge in [0.05, 0.1) is 22.1 Å². The minimum atomic E-state index is -0.450. The first-order valence-corrected chi connectivity index (χ1v) is 25.4. The lowest BCUT2D eigenvalue weighted by Gasteiger charge is -2.32. The van der Waals surface area contributed by atoms with Crippen molar-refractivity contribution in [2.75, 3.05) is 4.90 Å². The Bertz CT molecular complexity index is 4370. The van der Waals surface area contributed by atoms with E-state index in [1.807, 2.05) is 0 Å². The number of para-hydroxylation sites is 2. The third kappa shape index (κ3) is 5.58. The average molecular weight is 925 g/mol. The van der Waals surface area contributed by atoms with Crippen LogP contribution < -0.4 is 4.90 Å². The average Bonchev–Trinajstić information content (AvgIpc) is 4.17. The Morgan fingerprint density at radius 2 is 0.808 bits per heavy atom. The molecular formula is C71H44N2. The predicted octanol–water partition coefficient (Wildman–Crippen LogP) is 18.7. The molecule has 0 aliphatic heterocycles. The zero-order valence-corrected chi connectivity index (χ0v) is 39.8. The molecule has 0 amide bonds. The summed E-state index contributed by atoms with van der Waals surface area (Å²) in [5, 5.41) is 5.14. The summed E-state index contributed by atoms with van der Waals surface area (Å²) in [4.78, 5) is 2.49. The second-order valence-corrected chi connectivity index (χ2v) is 19.9. The van der Waals surface area contributed by atoms with Crippen LogP contribution >= 0.6 is 0 Å². The van der Waals surface area contributed by atoms with Gasteiger partial charge in [0.2, 0.25) is 0 Å². The molecule has 13 aromatic rings. The van der Waals surface area contributed by atoms with Crippen LogP contribution in [0.4, 0.5) is 17.1 Å². The maximum absolute atomic E-state index is 2.49. The van der Waals surface area contributed by atoms with E-state index in [9.17, 15) is 0 Å². The molecule has 12 aromatic carbocycles. The summed E-state index contributed by atoms with van der Waals surface area (Å²) < 4.78 is 2.38. The van der Waals surface area contributed by atoms with Crippen molar-refractivity contribution in [1.29, 1.82) is 0 Å². The first kappa shape index (κ1) is 40.3. The van der Waals surface area contributed by atoms with Crippen LogP contribution in [0.3, 0.4) is 0 Å². The topological polar surface area (TPSA) is 8.17 Å². The molecule has 0 fully saturated rings. The van der Waals surface area contributed by atoms with E-state index in [0.29, 0.717) is 0 Å². The zero-order valence-electron chi connectivity index (χ0n) is 39.8. The Balaban J connectivity index is 0.860. The Morgan fingerprint density at radius 3 is 1.51 bits per heavy atom. The Hall–Kier alpha value is -9.50. The van der Waals surface area contributed by atoms with Crippen LogP contribution in [0.5, 0.6) is 0 Å². The summed E-state index contributed by atoms with van der Waals surface area (Å²) in [7, 11) is 0. The molecule has 0 saturated carbocycles. The molecule has 3 aliphatic rings. The number of rotatable bonds is 6. The van der Waals surface area contributed by atoms with Crippen LogP contribution in [0.1, 0.15) is 22.3 Å². The first-order chi connectivity index (χ1) is 36.2. The molecule has 2 nitrogen and oxygen atoms in total. The monoisotopic (exact) mass is 924 g/mol. The van der Waals surface area contributed by atoms with Crippen LogP contribution in [0.2, 0.25) is 0 Å². The van der Waals surface area contributed by atoms with Crippen molar-refractivity contribution < 1.29 is 0 Å². The minimum absolute atomic E-state index is 0.450. The first-order valence-electron chi connectivity index (χ1n) is 25.4. The van der Waals surface area contributed by atoms with Crippen molar-refractivity contribution in [2.45, 2.75) is 5.41 Å². The minimum Gasteiger partial charge on any atom is -0.310 e. The van der Waals surface area contributed by atoms with Gasteiger partial charge in [0.25, 0.3) is 0 Å². The van der Waals surface area contributed by atoms with Crippen molar-refractivity contribution in [3.8, 4) is 72.4 Å². The van der Waals surface area contributed by atoms with E-state index >= 15 is 0 Å². The highest BCUT2D eigenvalue weighted by Crippen LogP contribution is 2.64. The summed E-state index contributed by atoms with van der Waals surface area (Å²) >= 11 is 0. The maximum atomic E-state index is 2.49. The van der Waals surface area contributed by atoms with Crippen LogP contribution in [0, 0.1) is 0 Å². The highest BCUT2D eigenvalue weighted by atomic mass is 15.1. The number of anilines is 3. The van der Waals surface area contributed by atoms with E-state index in [-0.39, 0.29) is 0 Å². The van der Waals surface area contributed by atoms with E-state index < -0.39 is 5.41 Å². The molecule has 0 radical (unpaired) electrons. The fourth-order valence-corrected chi connectivity index (χ4v) is 13.3. The molecular weight excluding hydrogens is 881 g/mol. The van der Waals surface area contributed by atoms with Gasteiger partial charge in [-0.3, -0.25) is 0 Å². The summed E-state index contributed by atoms with van der Waals surface area (Å²) in [6.07, 6.45) is 0. The SMILES string of the molecule is c1ccc(-n2c3ccccc3c3cc(-c4ccc(N(c5ccc(-c6ccc7c(c6)-c6cccc8cccc-7c68)cc5)c5cccc6c5-c5ccccc5C65c6ccccc6-c6ccccc65)cc4)ccc32)cc1. The molecule has 2 heteroatoms. The summed E-state index contributed by atoms with van der Waals surface area (Å²) in [5.41, 5.74) is 27.0. The second kappa shape index (κ2) is 15.3. The molecule has 338 valence electrons. The number of nitrogens with zero attached hydrogens (tertiary/aromatic N) is 2. The molecule has 0 bridgehead atoms. The largest absolute Gasteiger partial charge is 0.310 e.